The van der Waals surface area contributed by atoms with Crippen molar-refractivity contribution in [2.45, 2.75) is 26.8 Å². The number of aromatic nitrogens is 2. The SMILES string of the molecule is CCOC(=O)N1CCN(Cc2cnc3cc(CC)c(=O)[nH]c3c2)CC1. The molecule has 2 aromatic heterocycles. The molecular formula is C18H24N4O3. The Kier molecular flexibility index (Phi) is 5.33. The first-order valence-electron chi connectivity index (χ1n) is 8.75. The molecule has 1 fully saturated rings. The van der Waals surface area contributed by atoms with Crippen LogP contribution < -0.4 is 5.56 Å². The van der Waals surface area contributed by atoms with Gasteiger partial charge in [0, 0.05) is 44.5 Å². The molecule has 1 saturated heterocycles. The highest BCUT2D eigenvalue weighted by Gasteiger charge is 2.21. The third-order valence-electron chi connectivity index (χ3n) is 4.51. The molecule has 0 radical (unpaired) electrons. The maximum absolute atomic E-state index is 12.0. The summed E-state index contributed by atoms with van der Waals surface area (Å²) < 4.78 is 5.04. The number of rotatable bonds is 4. The average molecular weight is 344 g/mol. The van der Waals surface area contributed by atoms with E-state index in [2.05, 4.69) is 14.9 Å². The van der Waals surface area contributed by atoms with Crippen LogP contribution in [0.4, 0.5) is 4.79 Å². The molecule has 0 atom stereocenters. The minimum atomic E-state index is -0.237. The van der Waals surface area contributed by atoms with Gasteiger partial charge in [0.15, 0.2) is 0 Å². The van der Waals surface area contributed by atoms with Crippen LogP contribution in [0.1, 0.15) is 25.0 Å². The molecule has 3 heterocycles. The zero-order chi connectivity index (χ0) is 17.8. The van der Waals surface area contributed by atoms with E-state index in [1.54, 1.807) is 4.90 Å². The number of ether oxygens (including phenoxy) is 1. The number of aromatic amines is 1. The van der Waals surface area contributed by atoms with Gasteiger partial charge in [-0.05, 0) is 31.0 Å². The number of H-pyrrole nitrogens is 1. The molecule has 1 amide bonds. The van der Waals surface area contributed by atoms with Crippen molar-refractivity contribution in [3.63, 3.8) is 0 Å². The van der Waals surface area contributed by atoms with Gasteiger partial charge in [0.2, 0.25) is 0 Å². The summed E-state index contributed by atoms with van der Waals surface area (Å²) in [6.45, 7) is 7.84. The second-order valence-electron chi connectivity index (χ2n) is 6.22. The van der Waals surface area contributed by atoms with Crippen LogP contribution in [0, 0.1) is 0 Å². The van der Waals surface area contributed by atoms with Gasteiger partial charge >= 0.3 is 6.09 Å². The van der Waals surface area contributed by atoms with Gasteiger partial charge in [-0.2, -0.15) is 0 Å². The molecule has 0 spiro atoms. The van der Waals surface area contributed by atoms with Gasteiger partial charge < -0.3 is 14.6 Å². The third-order valence-corrected chi connectivity index (χ3v) is 4.51. The van der Waals surface area contributed by atoms with E-state index in [1.807, 2.05) is 32.2 Å². The molecule has 1 aliphatic heterocycles. The van der Waals surface area contributed by atoms with Crippen LogP contribution >= 0.6 is 0 Å². The molecule has 0 unspecified atom stereocenters. The number of fused-ring (bicyclic) bond motifs is 1. The highest BCUT2D eigenvalue weighted by atomic mass is 16.6. The number of hydrogen-bond donors (Lipinski definition) is 1. The second kappa shape index (κ2) is 7.65. The Hall–Kier alpha value is -2.41. The van der Waals surface area contributed by atoms with Crippen molar-refractivity contribution < 1.29 is 9.53 Å². The molecule has 7 nitrogen and oxygen atoms in total. The van der Waals surface area contributed by atoms with Crippen LogP contribution in [0.3, 0.4) is 0 Å². The summed E-state index contributed by atoms with van der Waals surface area (Å²) in [5.41, 5.74) is 3.34. The molecule has 0 aliphatic carbocycles. The van der Waals surface area contributed by atoms with Crippen molar-refractivity contribution in [1.82, 2.24) is 19.8 Å². The minimum absolute atomic E-state index is 0.0444. The fraction of sp³-hybridized carbons (Fsp3) is 0.500. The fourth-order valence-electron chi connectivity index (χ4n) is 3.08. The Morgan fingerprint density at radius 1 is 1.24 bits per heavy atom. The zero-order valence-corrected chi connectivity index (χ0v) is 14.7. The van der Waals surface area contributed by atoms with Crippen LogP contribution in [0.2, 0.25) is 0 Å². The lowest BCUT2D eigenvalue weighted by Gasteiger charge is -2.33. The smallest absolute Gasteiger partial charge is 0.409 e. The van der Waals surface area contributed by atoms with E-state index in [4.69, 9.17) is 4.74 Å². The molecule has 0 aromatic carbocycles. The van der Waals surface area contributed by atoms with Gasteiger partial charge in [-0.15, -0.1) is 0 Å². The van der Waals surface area contributed by atoms with Gasteiger partial charge in [0.05, 0.1) is 17.6 Å². The Morgan fingerprint density at radius 3 is 2.68 bits per heavy atom. The molecule has 0 bridgehead atoms. The third kappa shape index (κ3) is 3.99. The minimum Gasteiger partial charge on any atom is -0.450 e. The number of nitrogens with one attached hydrogen (secondary N) is 1. The maximum Gasteiger partial charge on any atom is 0.409 e. The maximum atomic E-state index is 12.0. The highest BCUT2D eigenvalue weighted by Crippen LogP contribution is 2.14. The van der Waals surface area contributed by atoms with Crippen LogP contribution in [0.25, 0.3) is 11.0 Å². The Labute approximate surface area is 146 Å². The number of aryl methyl sites for hydroxylation is 1. The van der Waals surface area contributed by atoms with Crippen molar-refractivity contribution in [3.05, 3.63) is 39.8 Å². The van der Waals surface area contributed by atoms with E-state index in [9.17, 15) is 9.59 Å². The van der Waals surface area contributed by atoms with Crippen LogP contribution in [-0.2, 0) is 17.7 Å². The van der Waals surface area contributed by atoms with Crippen molar-refractivity contribution in [2.75, 3.05) is 32.8 Å². The lowest BCUT2D eigenvalue weighted by Crippen LogP contribution is -2.48. The van der Waals surface area contributed by atoms with Crippen LogP contribution in [-0.4, -0.2) is 58.6 Å². The quantitative estimate of drug-likeness (QED) is 0.914. The summed E-state index contributed by atoms with van der Waals surface area (Å²) in [6, 6.07) is 3.84. The van der Waals surface area contributed by atoms with E-state index in [0.29, 0.717) is 26.1 Å². The van der Waals surface area contributed by atoms with Crippen molar-refractivity contribution >= 4 is 17.1 Å². The number of pyridine rings is 2. The van der Waals surface area contributed by atoms with E-state index in [0.717, 1.165) is 41.8 Å². The fourth-order valence-corrected chi connectivity index (χ4v) is 3.08. The lowest BCUT2D eigenvalue weighted by molar-refractivity contribution is 0.0778. The Morgan fingerprint density at radius 2 is 2.00 bits per heavy atom. The first-order chi connectivity index (χ1) is 12.1. The summed E-state index contributed by atoms with van der Waals surface area (Å²) in [6.07, 6.45) is 2.32. The predicted molar refractivity (Wildman–Crippen MR) is 95.6 cm³/mol. The standard InChI is InChI=1S/C18H24N4O3/c1-3-14-10-15-16(20-17(14)23)9-13(11-19-15)12-21-5-7-22(8-6-21)18(24)25-4-2/h9-11H,3-8,12H2,1-2H3,(H,20,23). The van der Waals surface area contributed by atoms with Crippen LogP contribution in [0.5, 0.6) is 0 Å². The second-order valence-corrected chi connectivity index (χ2v) is 6.22. The number of hydrogen-bond acceptors (Lipinski definition) is 5. The van der Waals surface area contributed by atoms with E-state index >= 15 is 0 Å². The van der Waals surface area contributed by atoms with Gasteiger partial charge in [-0.25, -0.2) is 4.79 Å². The molecule has 1 N–H and O–H groups in total. The molecule has 7 heteroatoms. The number of carbonyl (C=O) groups is 1. The summed E-state index contributed by atoms with van der Waals surface area (Å²) in [4.78, 5) is 35.1. The van der Waals surface area contributed by atoms with Gasteiger partial charge in [-0.3, -0.25) is 14.7 Å². The average Bonchev–Trinajstić information content (AvgIpc) is 2.62. The summed E-state index contributed by atoms with van der Waals surface area (Å²) in [5.74, 6) is 0. The van der Waals surface area contributed by atoms with E-state index in [-0.39, 0.29) is 11.7 Å². The summed E-state index contributed by atoms with van der Waals surface area (Å²) in [7, 11) is 0. The molecule has 3 rings (SSSR count). The van der Waals surface area contributed by atoms with Crippen molar-refractivity contribution in [2.24, 2.45) is 0 Å². The number of carbonyl (C=O) groups excluding carboxylic acids is 1. The number of nitrogens with zero attached hydrogens (tertiary/aromatic N) is 3. The largest absolute Gasteiger partial charge is 0.450 e. The van der Waals surface area contributed by atoms with Crippen molar-refractivity contribution in [1.29, 1.82) is 0 Å². The first kappa shape index (κ1) is 17.4. The monoisotopic (exact) mass is 344 g/mol. The molecule has 2 aromatic rings. The molecule has 0 saturated carbocycles. The molecular weight excluding hydrogens is 320 g/mol. The lowest BCUT2D eigenvalue weighted by atomic mass is 10.1. The number of piperazine rings is 1. The summed E-state index contributed by atoms with van der Waals surface area (Å²) >= 11 is 0. The summed E-state index contributed by atoms with van der Waals surface area (Å²) in [5, 5.41) is 0. The molecule has 1 aliphatic rings. The first-order valence-corrected chi connectivity index (χ1v) is 8.75. The zero-order valence-electron chi connectivity index (χ0n) is 14.7. The van der Waals surface area contributed by atoms with E-state index in [1.165, 1.54) is 0 Å². The Balaban J connectivity index is 1.66. The van der Waals surface area contributed by atoms with E-state index < -0.39 is 0 Å². The molecule has 134 valence electrons. The topological polar surface area (TPSA) is 78.5 Å². The highest BCUT2D eigenvalue weighted by molar-refractivity contribution is 5.74. The normalized spacial score (nSPS) is 15.5. The van der Waals surface area contributed by atoms with Gasteiger partial charge in [-0.1, -0.05) is 6.92 Å². The number of amides is 1. The molecule has 25 heavy (non-hydrogen) atoms. The van der Waals surface area contributed by atoms with Gasteiger partial charge in [0.25, 0.3) is 5.56 Å². The predicted octanol–water partition coefficient (Wildman–Crippen LogP) is 1.76. The van der Waals surface area contributed by atoms with Gasteiger partial charge in [0.1, 0.15) is 0 Å². The van der Waals surface area contributed by atoms with Crippen molar-refractivity contribution in [3.8, 4) is 0 Å². The van der Waals surface area contributed by atoms with Crippen LogP contribution in [0.15, 0.2) is 23.1 Å². The Bertz CT molecular complexity index is 810.